The minimum atomic E-state index is -3.67. The van der Waals surface area contributed by atoms with Crippen molar-refractivity contribution in [3.8, 4) is 5.75 Å². The zero-order valence-corrected chi connectivity index (χ0v) is 17.3. The second-order valence-electron chi connectivity index (χ2n) is 6.09. The van der Waals surface area contributed by atoms with Gasteiger partial charge in [-0.2, -0.15) is 0 Å². The molecule has 27 heavy (non-hydrogen) atoms. The Bertz CT molecular complexity index is 914. The summed E-state index contributed by atoms with van der Waals surface area (Å²) in [6, 6.07) is 11.0. The van der Waals surface area contributed by atoms with Gasteiger partial charge < -0.3 is 10.1 Å². The Morgan fingerprint density at radius 3 is 2.33 bits per heavy atom. The molecule has 0 spiro atoms. The molecule has 0 aliphatic carbocycles. The Labute approximate surface area is 165 Å². The Morgan fingerprint density at radius 1 is 1.22 bits per heavy atom. The molecule has 0 fully saturated rings. The summed E-state index contributed by atoms with van der Waals surface area (Å²) in [6.07, 6.45) is 1.92. The van der Waals surface area contributed by atoms with Crippen LogP contribution in [0.1, 0.15) is 19.4 Å². The van der Waals surface area contributed by atoms with Crippen molar-refractivity contribution in [3.05, 3.63) is 53.1 Å². The number of methoxy groups -OCH3 is 1. The standard InChI is InChI=1S/C19H23ClN2O4S/c1-5-14-6-9-16(10-7-14)22(27(4,24)25)13(2)19(23)21-15-8-11-18(26-3)17(20)12-15/h6-13H,5H2,1-4H3,(H,21,23)/t13-/m0/s1. The summed E-state index contributed by atoms with van der Waals surface area (Å²) in [7, 11) is -2.17. The van der Waals surface area contributed by atoms with E-state index in [2.05, 4.69) is 5.32 Å². The van der Waals surface area contributed by atoms with Crippen molar-refractivity contribution >= 4 is 38.9 Å². The van der Waals surface area contributed by atoms with E-state index >= 15 is 0 Å². The maximum Gasteiger partial charge on any atom is 0.247 e. The zero-order chi connectivity index (χ0) is 20.2. The number of nitrogens with one attached hydrogen (secondary N) is 1. The fraction of sp³-hybridized carbons (Fsp3) is 0.316. The van der Waals surface area contributed by atoms with Gasteiger partial charge in [-0.05, 0) is 49.2 Å². The van der Waals surface area contributed by atoms with Gasteiger partial charge >= 0.3 is 0 Å². The first-order chi connectivity index (χ1) is 12.7. The number of hydrogen-bond donors (Lipinski definition) is 1. The fourth-order valence-corrected chi connectivity index (χ4v) is 4.11. The molecule has 2 aromatic carbocycles. The van der Waals surface area contributed by atoms with E-state index in [0.29, 0.717) is 22.1 Å². The second kappa shape index (κ2) is 8.63. The average molecular weight is 411 g/mol. The number of carbonyl (C=O) groups is 1. The van der Waals surface area contributed by atoms with E-state index in [-0.39, 0.29) is 0 Å². The molecule has 0 bridgehead atoms. The Balaban J connectivity index is 2.27. The molecule has 1 N–H and O–H groups in total. The predicted octanol–water partition coefficient (Wildman–Crippen LogP) is 3.70. The molecule has 2 aromatic rings. The third kappa shape index (κ3) is 5.14. The van der Waals surface area contributed by atoms with E-state index in [1.807, 2.05) is 19.1 Å². The van der Waals surface area contributed by atoms with Crippen molar-refractivity contribution in [2.45, 2.75) is 26.3 Å². The molecule has 1 amide bonds. The summed E-state index contributed by atoms with van der Waals surface area (Å²) in [4.78, 5) is 12.7. The Morgan fingerprint density at radius 2 is 1.85 bits per heavy atom. The SMILES string of the molecule is CCc1ccc(N([C@@H](C)C(=O)Nc2ccc(OC)c(Cl)c2)S(C)(=O)=O)cc1. The van der Waals surface area contributed by atoms with Crippen LogP contribution in [0.25, 0.3) is 0 Å². The maximum atomic E-state index is 12.7. The number of amides is 1. The first kappa shape index (κ1) is 21.1. The van der Waals surface area contributed by atoms with Crippen LogP contribution in [0.4, 0.5) is 11.4 Å². The van der Waals surface area contributed by atoms with Crippen LogP contribution in [0, 0.1) is 0 Å². The third-order valence-electron chi connectivity index (χ3n) is 4.11. The molecule has 0 unspecified atom stereocenters. The van der Waals surface area contributed by atoms with Gasteiger partial charge in [0.25, 0.3) is 0 Å². The van der Waals surface area contributed by atoms with Crippen molar-refractivity contribution in [2.24, 2.45) is 0 Å². The number of halogens is 1. The molecular weight excluding hydrogens is 388 g/mol. The molecule has 0 radical (unpaired) electrons. The Kier molecular flexibility index (Phi) is 6.73. The lowest BCUT2D eigenvalue weighted by Crippen LogP contribution is -2.45. The summed E-state index contributed by atoms with van der Waals surface area (Å²) in [5, 5.41) is 3.04. The summed E-state index contributed by atoms with van der Waals surface area (Å²) in [5.74, 6) is 0.0118. The number of nitrogens with zero attached hydrogens (tertiary/aromatic N) is 1. The zero-order valence-electron chi connectivity index (χ0n) is 15.7. The third-order valence-corrected chi connectivity index (χ3v) is 5.64. The number of rotatable bonds is 7. The topological polar surface area (TPSA) is 75.7 Å². The molecule has 1 atom stereocenters. The van der Waals surface area contributed by atoms with Crippen molar-refractivity contribution in [2.75, 3.05) is 23.0 Å². The normalized spacial score (nSPS) is 12.3. The quantitative estimate of drug-likeness (QED) is 0.755. The fourth-order valence-electron chi connectivity index (χ4n) is 2.68. The first-order valence-corrected chi connectivity index (χ1v) is 10.6. The van der Waals surface area contributed by atoms with Crippen LogP contribution in [0.3, 0.4) is 0 Å². The van der Waals surface area contributed by atoms with Crippen LogP contribution in [0.5, 0.6) is 5.75 Å². The van der Waals surface area contributed by atoms with E-state index in [9.17, 15) is 13.2 Å². The van der Waals surface area contributed by atoms with Gasteiger partial charge in [-0.1, -0.05) is 30.7 Å². The summed E-state index contributed by atoms with van der Waals surface area (Å²) in [5.41, 5.74) is 1.97. The van der Waals surface area contributed by atoms with Crippen LogP contribution in [-0.4, -0.2) is 33.7 Å². The van der Waals surface area contributed by atoms with Gasteiger partial charge in [0.1, 0.15) is 11.8 Å². The highest BCUT2D eigenvalue weighted by molar-refractivity contribution is 7.92. The van der Waals surface area contributed by atoms with Gasteiger partial charge in [-0.3, -0.25) is 9.10 Å². The lowest BCUT2D eigenvalue weighted by Gasteiger charge is -2.28. The number of aryl methyl sites for hydroxylation is 1. The van der Waals surface area contributed by atoms with Crippen molar-refractivity contribution in [1.29, 1.82) is 0 Å². The molecule has 6 nitrogen and oxygen atoms in total. The second-order valence-corrected chi connectivity index (χ2v) is 8.36. The molecule has 146 valence electrons. The summed E-state index contributed by atoms with van der Waals surface area (Å²) in [6.45, 7) is 3.55. The highest BCUT2D eigenvalue weighted by Crippen LogP contribution is 2.28. The minimum Gasteiger partial charge on any atom is -0.495 e. The summed E-state index contributed by atoms with van der Waals surface area (Å²) >= 11 is 6.07. The van der Waals surface area contributed by atoms with Crippen LogP contribution >= 0.6 is 11.6 Å². The molecule has 2 rings (SSSR count). The van der Waals surface area contributed by atoms with Gasteiger partial charge in [0.05, 0.1) is 24.1 Å². The molecular formula is C19H23ClN2O4S. The molecule has 0 aliphatic rings. The number of ether oxygens (including phenoxy) is 1. The lowest BCUT2D eigenvalue weighted by atomic mass is 10.1. The van der Waals surface area contributed by atoms with Crippen LogP contribution in [-0.2, 0) is 21.2 Å². The van der Waals surface area contributed by atoms with E-state index < -0.39 is 22.0 Å². The maximum absolute atomic E-state index is 12.7. The molecule has 0 heterocycles. The van der Waals surface area contributed by atoms with Gasteiger partial charge in [0.15, 0.2) is 0 Å². The first-order valence-electron chi connectivity index (χ1n) is 8.40. The molecule has 0 saturated carbocycles. The van der Waals surface area contributed by atoms with Crippen molar-refractivity contribution in [3.63, 3.8) is 0 Å². The number of carbonyl (C=O) groups excluding carboxylic acids is 1. The molecule has 0 saturated heterocycles. The van der Waals surface area contributed by atoms with Crippen LogP contribution in [0.15, 0.2) is 42.5 Å². The average Bonchev–Trinajstić information content (AvgIpc) is 2.61. The van der Waals surface area contributed by atoms with E-state index in [1.165, 1.54) is 14.0 Å². The van der Waals surface area contributed by atoms with E-state index in [1.54, 1.807) is 30.3 Å². The Hall–Kier alpha value is -2.25. The number of benzene rings is 2. The highest BCUT2D eigenvalue weighted by atomic mass is 35.5. The lowest BCUT2D eigenvalue weighted by molar-refractivity contribution is -0.116. The van der Waals surface area contributed by atoms with Gasteiger partial charge in [0, 0.05) is 5.69 Å². The van der Waals surface area contributed by atoms with Gasteiger partial charge in [-0.15, -0.1) is 0 Å². The monoisotopic (exact) mass is 410 g/mol. The van der Waals surface area contributed by atoms with Crippen LogP contribution in [0.2, 0.25) is 5.02 Å². The predicted molar refractivity (Wildman–Crippen MR) is 109 cm³/mol. The van der Waals surface area contributed by atoms with Gasteiger partial charge in [0.2, 0.25) is 15.9 Å². The molecule has 8 heteroatoms. The highest BCUT2D eigenvalue weighted by Gasteiger charge is 2.29. The molecule has 0 aromatic heterocycles. The molecule has 0 aliphatic heterocycles. The van der Waals surface area contributed by atoms with Crippen molar-refractivity contribution in [1.82, 2.24) is 0 Å². The minimum absolute atomic E-state index is 0.345. The largest absolute Gasteiger partial charge is 0.495 e. The number of hydrogen-bond acceptors (Lipinski definition) is 4. The number of anilines is 2. The smallest absolute Gasteiger partial charge is 0.247 e. The van der Waals surface area contributed by atoms with Gasteiger partial charge in [-0.25, -0.2) is 8.42 Å². The van der Waals surface area contributed by atoms with Crippen molar-refractivity contribution < 1.29 is 17.9 Å². The van der Waals surface area contributed by atoms with Crippen LogP contribution < -0.4 is 14.4 Å². The van der Waals surface area contributed by atoms with E-state index in [0.717, 1.165) is 22.5 Å². The van der Waals surface area contributed by atoms with E-state index in [4.69, 9.17) is 16.3 Å². The number of sulfonamides is 1. The summed E-state index contributed by atoms with van der Waals surface area (Å²) < 4.78 is 30.8.